The third-order valence-electron chi connectivity index (χ3n) is 4.12. The molecule has 3 heteroatoms. The van der Waals surface area contributed by atoms with Crippen LogP contribution in [0.4, 0.5) is 0 Å². The highest BCUT2D eigenvalue weighted by molar-refractivity contribution is 4.94. The first-order chi connectivity index (χ1) is 8.68. The molecule has 3 nitrogen and oxygen atoms in total. The van der Waals surface area contributed by atoms with Crippen molar-refractivity contribution in [2.24, 2.45) is 5.92 Å². The fraction of sp³-hybridized carbons (Fsp3) is 1.00. The molecule has 0 bridgehead atoms. The van der Waals surface area contributed by atoms with Gasteiger partial charge in [-0.1, -0.05) is 13.8 Å². The van der Waals surface area contributed by atoms with E-state index in [2.05, 4.69) is 33.0 Å². The van der Waals surface area contributed by atoms with Gasteiger partial charge in [0.2, 0.25) is 0 Å². The highest BCUT2D eigenvalue weighted by Crippen LogP contribution is 2.30. The maximum Gasteiger partial charge on any atom is 0.0807 e. The van der Waals surface area contributed by atoms with E-state index >= 15 is 0 Å². The van der Waals surface area contributed by atoms with Crippen molar-refractivity contribution in [1.29, 1.82) is 0 Å². The molecule has 0 amide bonds. The Bertz CT molecular complexity index is 217. The maximum atomic E-state index is 6.07. The van der Waals surface area contributed by atoms with Crippen molar-refractivity contribution in [3.8, 4) is 0 Å². The Balaban J connectivity index is 2.73. The summed E-state index contributed by atoms with van der Waals surface area (Å²) >= 11 is 0. The Morgan fingerprint density at radius 3 is 2.67 bits per heavy atom. The lowest BCUT2D eigenvalue weighted by Gasteiger charge is -2.43. The predicted octanol–water partition coefficient (Wildman–Crippen LogP) is 2.99. The monoisotopic (exact) mass is 257 g/mol. The first kappa shape index (κ1) is 15.9. The first-order valence-electron chi connectivity index (χ1n) is 7.63. The van der Waals surface area contributed by atoms with Crippen LogP contribution < -0.4 is 5.32 Å². The summed E-state index contributed by atoms with van der Waals surface area (Å²) in [5, 5.41) is 3.71. The van der Waals surface area contributed by atoms with E-state index in [0.717, 1.165) is 39.2 Å². The molecule has 0 aromatic rings. The molecule has 0 radical (unpaired) electrons. The second kappa shape index (κ2) is 8.13. The van der Waals surface area contributed by atoms with Gasteiger partial charge in [0, 0.05) is 25.2 Å². The van der Waals surface area contributed by atoms with E-state index in [-0.39, 0.29) is 5.60 Å². The summed E-state index contributed by atoms with van der Waals surface area (Å²) < 4.78 is 11.7. The molecule has 3 unspecified atom stereocenters. The minimum atomic E-state index is -0.0741. The Morgan fingerprint density at radius 1 is 1.39 bits per heavy atom. The highest BCUT2D eigenvalue weighted by atomic mass is 16.5. The normalized spacial score (nSPS) is 25.7. The Labute approximate surface area is 113 Å². The van der Waals surface area contributed by atoms with E-state index in [0.29, 0.717) is 12.0 Å². The highest BCUT2D eigenvalue weighted by Gasteiger charge is 2.38. The molecule has 1 rings (SSSR count). The molecular weight excluding hydrogens is 226 g/mol. The van der Waals surface area contributed by atoms with E-state index in [1.807, 2.05) is 0 Å². The number of hydrogen-bond acceptors (Lipinski definition) is 3. The molecule has 1 aliphatic rings. The van der Waals surface area contributed by atoms with Crippen molar-refractivity contribution in [1.82, 2.24) is 5.32 Å². The van der Waals surface area contributed by atoms with Crippen LogP contribution in [0.1, 0.15) is 53.4 Å². The van der Waals surface area contributed by atoms with Gasteiger partial charge in [0.25, 0.3) is 0 Å². The van der Waals surface area contributed by atoms with Crippen LogP contribution in [0.25, 0.3) is 0 Å². The van der Waals surface area contributed by atoms with Gasteiger partial charge < -0.3 is 14.8 Å². The van der Waals surface area contributed by atoms with E-state index in [1.165, 1.54) is 12.8 Å². The standard InChI is InChI=1S/C15H31NO2/c1-5-10-16-14(13-9-8-11-17-12-13)15(4,6-2)18-7-3/h13-14,16H,5-12H2,1-4H3. The van der Waals surface area contributed by atoms with Crippen molar-refractivity contribution in [2.75, 3.05) is 26.4 Å². The molecular formula is C15H31NO2. The Morgan fingerprint density at radius 2 is 2.17 bits per heavy atom. The fourth-order valence-electron chi connectivity index (χ4n) is 2.95. The van der Waals surface area contributed by atoms with Crippen LogP contribution in [0.15, 0.2) is 0 Å². The lowest BCUT2D eigenvalue weighted by Crippen LogP contribution is -2.56. The van der Waals surface area contributed by atoms with Gasteiger partial charge >= 0.3 is 0 Å². The van der Waals surface area contributed by atoms with Gasteiger partial charge in [-0.2, -0.15) is 0 Å². The minimum absolute atomic E-state index is 0.0741. The number of hydrogen-bond donors (Lipinski definition) is 1. The quantitative estimate of drug-likeness (QED) is 0.725. The van der Waals surface area contributed by atoms with Crippen molar-refractivity contribution in [3.63, 3.8) is 0 Å². The average molecular weight is 257 g/mol. The van der Waals surface area contributed by atoms with E-state index in [4.69, 9.17) is 9.47 Å². The lowest BCUT2D eigenvalue weighted by molar-refractivity contribution is -0.0874. The van der Waals surface area contributed by atoms with Crippen LogP contribution in [-0.4, -0.2) is 38.0 Å². The third-order valence-corrected chi connectivity index (χ3v) is 4.12. The first-order valence-corrected chi connectivity index (χ1v) is 7.63. The second-order valence-corrected chi connectivity index (χ2v) is 5.51. The van der Waals surface area contributed by atoms with Crippen LogP contribution in [0.5, 0.6) is 0 Å². The van der Waals surface area contributed by atoms with Crippen molar-refractivity contribution < 1.29 is 9.47 Å². The maximum absolute atomic E-state index is 6.07. The van der Waals surface area contributed by atoms with Crippen molar-refractivity contribution in [3.05, 3.63) is 0 Å². The molecule has 1 aliphatic heterocycles. The zero-order valence-corrected chi connectivity index (χ0v) is 12.6. The van der Waals surface area contributed by atoms with Crippen molar-refractivity contribution >= 4 is 0 Å². The summed E-state index contributed by atoms with van der Waals surface area (Å²) in [6.45, 7) is 12.4. The molecule has 0 aromatic carbocycles. The molecule has 0 aliphatic carbocycles. The smallest absolute Gasteiger partial charge is 0.0807 e. The van der Waals surface area contributed by atoms with Gasteiger partial charge in [-0.05, 0) is 46.1 Å². The summed E-state index contributed by atoms with van der Waals surface area (Å²) in [5.41, 5.74) is -0.0741. The van der Waals surface area contributed by atoms with Crippen LogP contribution in [-0.2, 0) is 9.47 Å². The zero-order chi connectivity index (χ0) is 13.4. The van der Waals surface area contributed by atoms with Gasteiger partial charge in [-0.25, -0.2) is 0 Å². The molecule has 18 heavy (non-hydrogen) atoms. The topological polar surface area (TPSA) is 30.5 Å². The molecule has 1 heterocycles. The second-order valence-electron chi connectivity index (χ2n) is 5.51. The Kier molecular flexibility index (Phi) is 7.20. The number of nitrogens with one attached hydrogen (secondary N) is 1. The summed E-state index contributed by atoms with van der Waals surface area (Å²) in [5.74, 6) is 0.585. The number of rotatable bonds is 8. The fourth-order valence-corrected chi connectivity index (χ4v) is 2.95. The molecule has 108 valence electrons. The largest absolute Gasteiger partial charge is 0.381 e. The molecule has 0 saturated carbocycles. The summed E-state index contributed by atoms with van der Waals surface area (Å²) in [7, 11) is 0. The predicted molar refractivity (Wildman–Crippen MR) is 75.9 cm³/mol. The summed E-state index contributed by atoms with van der Waals surface area (Å²) in [4.78, 5) is 0. The van der Waals surface area contributed by atoms with Gasteiger partial charge in [0.15, 0.2) is 0 Å². The minimum Gasteiger partial charge on any atom is -0.381 e. The molecule has 1 saturated heterocycles. The van der Waals surface area contributed by atoms with Crippen LogP contribution >= 0.6 is 0 Å². The van der Waals surface area contributed by atoms with Crippen LogP contribution in [0.2, 0.25) is 0 Å². The third kappa shape index (κ3) is 4.22. The summed E-state index contributed by atoms with van der Waals surface area (Å²) in [6.07, 6.45) is 4.64. The van der Waals surface area contributed by atoms with E-state index < -0.39 is 0 Å². The molecule has 3 atom stereocenters. The number of ether oxygens (including phenoxy) is 2. The lowest BCUT2D eigenvalue weighted by atomic mass is 9.81. The molecule has 1 fully saturated rings. The average Bonchev–Trinajstić information content (AvgIpc) is 2.40. The zero-order valence-electron chi connectivity index (χ0n) is 12.6. The van der Waals surface area contributed by atoms with Crippen molar-refractivity contribution in [2.45, 2.75) is 65.0 Å². The molecule has 0 aromatic heterocycles. The Hall–Kier alpha value is -0.120. The van der Waals surface area contributed by atoms with E-state index in [9.17, 15) is 0 Å². The van der Waals surface area contributed by atoms with Crippen LogP contribution in [0.3, 0.4) is 0 Å². The van der Waals surface area contributed by atoms with E-state index in [1.54, 1.807) is 0 Å². The summed E-state index contributed by atoms with van der Waals surface area (Å²) in [6, 6.07) is 0.405. The van der Waals surface area contributed by atoms with Gasteiger partial charge in [0.1, 0.15) is 0 Å². The van der Waals surface area contributed by atoms with Gasteiger partial charge in [-0.3, -0.25) is 0 Å². The SMILES string of the molecule is CCCNC(C1CCCOC1)C(C)(CC)OCC. The van der Waals surface area contributed by atoms with Crippen LogP contribution in [0, 0.1) is 5.92 Å². The van der Waals surface area contributed by atoms with Gasteiger partial charge in [0.05, 0.1) is 12.2 Å². The molecule has 1 N–H and O–H groups in total. The van der Waals surface area contributed by atoms with Gasteiger partial charge in [-0.15, -0.1) is 0 Å². The molecule has 0 spiro atoms.